The number of hydrogen-bond acceptors (Lipinski definition) is 3. The molecular formula is C11H12N2O3. The number of carbonyl (C=O) groups excluding carboxylic acids is 2. The maximum absolute atomic E-state index is 11.5. The molecule has 84 valence electrons. The van der Waals surface area contributed by atoms with Crippen LogP contribution in [-0.4, -0.2) is 19.0 Å². The van der Waals surface area contributed by atoms with Crippen LogP contribution in [-0.2, 0) is 16.1 Å². The molecule has 1 heterocycles. The quantitative estimate of drug-likeness (QED) is 0.737. The minimum Gasteiger partial charge on any atom is -0.380 e. The Labute approximate surface area is 92.8 Å². The fourth-order valence-electron chi connectivity index (χ4n) is 1.74. The van der Waals surface area contributed by atoms with Crippen LogP contribution in [0.15, 0.2) is 24.3 Å². The van der Waals surface area contributed by atoms with Crippen LogP contribution >= 0.6 is 0 Å². The smallest absolute Gasteiger partial charge is 0.322 e. The van der Waals surface area contributed by atoms with Crippen LogP contribution in [0.2, 0.25) is 0 Å². The lowest BCUT2D eigenvalue weighted by molar-refractivity contribution is -0.120. The van der Waals surface area contributed by atoms with Gasteiger partial charge in [-0.25, -0.2) is 4.79 Å². The number of rotatable bonds is 3. The van der Waals surface area contributed by atoms with Gasteiger partial charge in [0.15, 0.2) is 0 Å². The van der Waals surface area contributed by atoms with Gasteiger partial charge in [-0.15, -0.1) is 0 Å². The van der Waals surface area contributed by atoms with Gasteiger partial charge in [0.05, 0.1) is 6.61 Å². The zero-order chi connectivity index (χ0) is 11.5. The normalized spacial score (nSPS) is 19.4. The largest absolute Gasteiger partial charge is 0.380 e. The van der Waals surface area contributed by atoms with Crippen molar-refractivity contribution in [3.05, 3.63) is 35.4 Å². The van der Waals surface area contributed by atoms with E-state index >= 15 is 0 Å². The highest BCUT2D eigenvalue weighted by atomic mass is 16.5. The number of nitrogens with one attached hydrogen (secondary N) is 2. The topological polar surface area (TPSA) is 67.4 Å². The molecule has 0 bridgehead atoms. The molecule has 5 heteroatoms. The molecule has 0 aliphatic carbocycles. The molecule has 2 rings (SSSR count). The molecule has 1 aromatic carbocycles. The van der Waals surface area contributed by atoms with E-state index in [1.807, 2.05) is 24.3 Å². The Morgan fingerprint density at radius 2 is 2.06 bits per heavy atom. The lowest BCUT2D eigenvalue weighted by Crippen LogP contribution is -2.22. The fourth-order valence-corrected chi connectivity index (χ4v) is 1.74. The van der Waals surface area contributed by atoms with Gasteiger partial charge >= 0.3 is 6.03 Å². The van der Waals surface area contributed by atoms with Crippen molar-refractivity contribution in [1.82, 2.24) is 10.6 Å². The Bertz CT molecular complexity index is 431. The Balaban J connectivity index is 2.32. The van der Waals surface area contributed by atoms with Gasteiger partial charge in [0.2, 0.25) is 0 Å². The van der Waals surface area contributed by atoms with Crippen molar-refractivity contribution >= 4 is 11.9 Å². The molecule has 5 nitrogen and oxygen atoms in total. The van der Waals surface area contributed by atoms with Crippen LogP contribution < -0.4 is 10.6 Å². The van der Waals surface area contributed by atoms with Gasteiger partial charge in [0.1, 0.15) is 6.04 Å². The van der Waals surface area contributed by atoms with Gasteiger partial charge in [-0.05, 0) is 11.1 Å². The molecule has 1 aliphatic heterocycles. The molecule has 1 saturated heterocycles. The maximum atomic E-state index is 11.5. The second kappa shape index (κ2) is 4.32. The monoisotopic (exact) mass is 220 g/mol. The summed E-state index contributed by atoms with van der Waals surface area (Å²) in [6, 6.07) is 6.31. The average molecular weight is 220 g/mol. The number of ether oxygens (including phenoxy) is 1. The summed E-state index contributed by atoms with van der Waals surface area (Å²) >= 11 is 0. The Morgan fingerprint density at radius 1 is 1.31 bits per heavy atom. The summed E-state index contributed by atoms with van der Waals surface area (Å²) in [5, 5.41) is 4.77. The van der Waals surface area contributed by atoms with E-state index < -0.39 is 12.1 Å². The summed E-state index contributed by atoms with van der Waals surface area (Å²) in [6.45, 7) is 0.413. The van der Waals surface area contributed by atoms with Crippen LogP contribution in [0.25, 0.3) is 0 Å². The van der Waals surface area contributed by atoms with Crippen molar-refractivity contribution in [2.75, 3.05) is 7.11 Å². The van der Waals surface area contributed by atoms with Gasteiger partial charge in [-0.3, -0.25) is 10.1 Å². The fraction of sp³-hybridized carbons (Fsp3) is 0.273. The molecule has 2 N–H and O–H groups in total. The first-order valence-corrected chi connectivity index (χ1v) is 4.90. The molecule has 0 radical (unpaired) electrons. The zero-order valence-corrected chi connectivity index (χ0v) is 8.82. The predicted octanol–water partition coefficient (Wildman–Crippen LogP) is 0.713. The van der Waals surface area contributed by atoms with E-state index in [1.54, 1.807) is 7.11 Å². The highest BCUT2D eigenvalue weighted by Gasteiger charge is 2.31. The summed E-state index contributed by atoms with van der Waals surface area (Å²) in [5.41, 5.74) is 1.67. The van der Waals surface area contributed by atoms with E-state index in [0.29, 0.717) is 6.61 Å². The molecule has 1 unspecified atom stereocenters. The summed E-state index contributed by atoms with van der Waals surface area (Å²) in [6.07, 6.45) is 0. The number of benzene rings is 1. The van der Waals surface area contributed by atoms with Gasteiger partial charge in [0.25, 0.3) is 5.91 Å². The van der Waals surface area contributed by atoms with E-state index in [9.17, 15) is 9.59 Å². The summed E-state index contributed by atoms with van der Waals surface area (Å²) in [7, 11) is 1.59. The first-order chi connectivity index (χ1) is 7.72. The van der Waals surface area contributed by atoms with Crippen molar-refractivity contribution in [3.63, 3.8) is 0 Å². The van der Waals surface area contributed by atoms with Crippen molar-refractivity contribution in [2.24, 2.45) is 0 Å². The van der Waals surface area contributed by atoms with Crippen molar-refractivity contribution in [3.8, 4) is 0 Å². The average Bonchev–Trinajstić information content (AvgIpc) is 2.59. The van der Waals surface area contributed by atoms with Gasteiger partial charge < -0.3 is 10.1 Å². The Hall–Kier alpha value is -1.88. The molecule has 16 heavy (non-hydrogen) atoms. The molecule has 0 aromatic heterocycles. The molecule has 0 spiro atoms. The van der Waals surface area contributed by atoms with Crippen molar-refractivity contribution < 1.29 is 14.3 Å². The van der Waals surface area contributed by atoms with E-state index in [2.05, 4.69) is 10.6 Å². The lowest BCUT2D eigenvalue weighted by atomic mass is 10.0. The first-order valence-electron chi connectivity index (χ1n) is 4.90. The molecule has 3 amide bonds. The minimum absolute atomic E-state index is 0.325. The highest BCUT2D eigenvalue weighted by Crippen LogP contribution is 2.21. The van der Waals surface area contributed by atoms with E-state index in [0.717, 1.165) is 11.1 Å². The molecular weight excluding hydrogens is 208 g/mol. The molecule has 1 aliphatic rings. The van der Waals surface area contributed by atoms with E-state index in [4.69, 9.17) is 4.74 Å². The van der Waals surface area contributed by atoms with Crippen LogP contribution in [0.4, 0.5) is 4.79 Å². The SMILES string of the molecule is COCc1ccccc1C1NC(=O)NC1=O. The van der Waals surface area contributed by atoms with Crippen LogP contribution in [0.3, 0.4) is 0 Å². The van der Waals surface area contributed by atoms with E-state index in [1.165, 1.54) is 0 Å². The third-order valence-electron chi connectivity index (χ3n) is 2.44. The lowest BCUT2D eigenvalue weighted by Gasteiger charge is -2.12. The Kier molecular flexibility index (Phi) is 2.87. The number of urea groups is 1. The molecule has 0 saturated carbocycles. The third-order valence-corrected chi connectivity index (χ3v) is 2.44. The maximum Gasteiger partial charge on any atom is 0.322 e. The first kappa shape index (κ1) is 10.6. The predicted molar refractivity (Wildman–Crippen MR) is 56.6 cm³/mol. The second-order valence-electron chi connectivity index (χ2n) is 3.53. The number of hydrogen-bond donors (Lipinski definition) is 2. The molecule has 1 fully saturated rings. The Morgan fingerprint density at radius 3 is 2.69 bits per heavy atom. The molecule has 1 aromatic rings. The third kappa shape index (κ3) is 1.90. The van der Waals surface area contributed by atoms with Crippen LogP contribution in [0.5, 0.6) is 0 Å². The summed E-state index contributed by atoms with van der Waals surface area (Å²) in [5.74, 6) is -0.325. The van der Waals surface area contributed by atoms with Gasteiger partial charge in [0, 0.05) is 7.11 Å². The highest BCUT2D eigenvalue weighted by molar-refractivity contribution is 6.04. The number of imide groups is 1. The van der Waals surface area contributed by atoms with E-state index in [-0.39, 0.29) is 5.91 Å². The van der Waals surface area contributed by atoms with Crippen molar-refractivity contribution in [1.29, 1.82) is 0 Å². The minimum atomic E-state index is -0.612. The van der Waals surface area contributed by atoms with Crippen molar-refractivity contribution in [2.45, 2.75) is 12.6 Å². The zero-order valence-electron chi connectivity index (χ0n) is 8.82. The standard InChI is InChI=1S/C11H12N2O3/c1-16-6-7-4-2-3-5-8(7)9-10(14)13-11(15)12-9/h2-5,9H,6H2,1H3,(H2,12,13,14,15). The van der Waals surface area contributed by atoms with Crippen LogP contribution in [0.1, 0.15) is 17.2 Å². The molecule has 1 atom stereocenters. The van der Waals surface area contributed by atoms with Crippen LogP contribution in [0, 0.1) is 0 Å². The van der Waals surface area contributed by atoms with Gasteiger partial charge in [-0.2, -0.15) is 0 Å². The second-order valence-corrected chi connectivity index (χ2v) is 3.53. The summed E-state index contributed by atoms with van der Waals surface area (Å²) in [4.78, 5) is 22.5. The van der Waals surface area contributed by atoms with Gasteiger partial charge in [-0.1, -0.05) is 24.3 Å². The number of methoxy groups -OCH3 is 1. The number of amides is 3. The summed E-state index contributed by atoms with van der Waals surface area (Å²) < 4.78 is 5.05. The number of carbonyl (C=O) groups is 2.